The second kappa shape index (κ2) is 6.20. The molecule has 0 atom stereocenters. The Labute approximate surface area is 119 Å². The van der Waals surface area contributed by atoms with Gasteiger partial charge in [-0.25, -0.2) is 0 Å². The van der Waals surface area contributed by atoms with Crippen LogP contribution >= 0.6 is 27.5 Å². The SMILES string of the molecule is CC(C)N(CC(N)=O)C(=O)c1ccc(Cl)c(Br)c1. The average molecular weight is 334 g/mol. The summed E-state index contributed by atoms with van der Waals surface area (Å²) in [5.41, 5.74) is 5.60. The fraction of sp³-hybridized carbons (Fsp3) is 0.333. The lowest BCUT2D eigenvalue weighted by Gasteiger charge is -2.25. The van der Waals surface area contributed by atoms with Crippen molar-refractivity contribution < 1.29 is 9.59 Å². The van der Waals surface area contributed by atoms with Gasteiger partial charge in [0.25, 0.3) is 5.91 Å². The first kappa shape index (κ1) is 15.0. The Balaban J connectivity index is 3.02. The third-order valence-corrected chi connectivity index (χ3v) is 3.59. The number of carbonyl (C=O) groups excluding carboxylic acids is 2. The molecule has 1 aromatic carbocycles. The standard InChI is InChI=1S/C12H14BrClN2O2/c1-7(2)16(6-11(15)17)12(18)8-3-4-10(14)9(13)5-8/h3-5,7H,6H2,1-2H3,(H2,15,17). The Morgan fingerprint density at radius 3 is 2.50 bits per heavy atom. The molecule has 2 amide bonds. The number of amides is 2. The number of hydrogen-bond acceptors (Lipinski definition) is 2. The normalized spacial score (nSPS) is 10.5. The monoisotopic (exact) mass is 332 g/mol. The molecule has 0 aliphatic carbocycles. The minimum atomic E-state index is -0.537. The van der Waals surface area contributed by atoms with Crippen LogP contribution in [0.5, 0.6) is 0 Å². The van der Waals surface area contributed by atoms with Gasteiger partial charge in [0, 0.05) is 16.1 Å². The minimum absolute atomic E-state index is 0.100. The summed E-state index contributed by atoms with van der Waals surface area (Å²) in [7, 11) is 0. The molecular weight excluding hydrogens is 320 g/mol. The highest BCUT2D eigenvalue weighted by molar-refractivity contribution is 9.10. The van der Waals surface area contributed by atoms with Crippen LogP contribution in [-0.4, -0.2) is 29.3 Å². The fourth-order valence-corrected chi connectivity index (χ4v) is 1.95. The maximum atomic E-state index is 12.2. The fourth-order valence-electron chi connectivity index (χ4n) is 1.45. The summed E-state index contributed by atoms with van der Waals surface area (Å²) >= 11 is 9.12. The zero-order valence-corrected chi connectivity index (χ0v) is 12.5. The molecule has 0 heterocycles. The highest BCUT2D eigenvalue weighted by Gasteiger charge is 2.20. The number of benzene rings is 1. The Bertz CT molecular complexity index is 477. The molecule has 0 spiro atoms. The number of halogens is 2. The van der Waals surface area contributed by atoms with Crippen LogP contribution in [0.4, 0.5) is 0 Å². The highest BCUT2D eigenvalue weighted by atomic mass is 79.9. The van der Waals surface area contributed by atoms with Gasteiger partial charge in [0.15, 0.2) is 0 Å². The molecule has 2 N–H and O–H groups in total. The van der Waals surface area contributed by atoms with E-state index >= 15 is 0 Å². The molecule has 0 bridgehead atoms. The number of primary amides is 1. The summed E-state index contributed by atoms with van der Waals surface area (Å²) in [5, 5.41) is 0.526. The van der Waals surface area contributed by atoms with Crippen LogP contribution in [0.1, 0.15) is 24.2 Å². The Morgan fingerprint density at radius 2 is 2.06 bits per heavy atom. The predicted molar refractivity (Wildman–Crippen MR) is 74.5 cm³/mol. The predicted octanol–water partition coefficient (Wildman–Crippen LogP) is 2.44. The van der Waals surface area contributed by atoms with Crippen molar-refractivity contribution in [2.24, 2.45) is 5.73 Å². The number of rotatable bonds is 4. The van der Waals surface area contributed by atoms with Gasteiger partial charge in [-0.2, -0.15) is 0 Å². The van der Waals surface area contributed by atoms with E-state index in [4.69, 9.17) is 17.3 Å². The van der Waals surface area contributed by atoms with Crippen molar-refractivity contribution in [2.45, 2.75) is 19.9 Å². The van der Waals surface area contributed by atoms with Crippen molar-refractivity contribution in [3.63, 3.8) is 0 Å². The Morgan fingerprint density at radius 1 is 1.44 bits per heavy atom. The molecular formula is C12H14BrClN2O2. The zero-order chi connectivity index (χ0) is 13.9. The molecule has 6 heteroatoms. The van der Waals surface area contributed by atoms with Gasteiger partial charge in [0.1, 0.15) is 0 Å². The molecule has 4 nitrogen and oxygen atoms in total. The van der Waals surface area contributed by atoms with Crippen molar-refractivity contribution in [3.05, 3.63) is 33.3 Å². The first-order valence-corrected chi connectivity index (χ1v) is 6.54. The van der Waals surface area contributed by atoms with Gasteiger partial charge in [0.05, 0.1) is 11.6 Å². The summed E-state index contributed by atoms with van der Waals surface area (Å²) in [4.78, 5) is 24.6. The number of nitrogens with zero attached hydrogens (tertiary/aromatic N) is 1. The highest BCUT2D eigenvalue weighted by Crippen LogP contribution is 2.24. The molecule has 0 unspecified atom stereocenters. The number of hydrogen-bond donors (Lipinski definition) is 1. The molecule has 0 saturated heterocycles. The summed E-state index contributed by atoms with van der Waals surface area (Å²) in [6.07, 6.45) is 0. The summed E-state index contributed by atoms with van der Waals surface area (Å²) in [6, 6.07) is 4.76. The van der Waals surface area contributed by atoms with Gasteiger partial charge >= 0.3 is 0 Å². The maximum Gasteiger partial charge on any atom is 0.254 e. The molecule has 18 heavy (non-hydrogen) atoms. The van der Waals surface area contributed by atoms with E-state index in [0.717, 1.165) is 0 Å². The lowest BCUT2D eigenvalue weighted by atomic mass is 10.1. The van der Waals surface area contributed by atoms with Crippen LogP contribution in [0.3, 0.4) is 0 Å². The van der Waals surface area contributed by atoms with E-state index in [0.29, 0.717) is 15.1 Å². The first-order valence-electron chi connectivity index (χ1n) is 5.37. The van der Waals surface area contributed by atoms with E-state index in [1.807, 2.05) is 13.8 Å². The number of carbonyl (C=O) groups is 2. The van der Waals surface area contributed by atoms with Gasteiger partial charge < -0.3 is 10.6 Å². The van der Waals surface area contributed by atoms with Gasteiger partial charge in [0.2, 0.25) is 5.91 Å². The molecule has 1 aromatic rings. The summed E-state index contributed by atoms with van der Waals surface area (Å²) < 4.78 is 0.637. The lowest BCUT2D eigenvalue weighted by Crippen LogP contribution is -2.42. The Kier molecular flexibility index (Phi) is 5.16. The van der Waals surface area contributed by atoms with Gasteiger partial charge in [-0.3, -0.25) is 9.59 Å². The van der Waals surface area contributed by atoms with Gasteiger partial charge in [-0.1, -0.05) is 11.6 Å². The summed E-state index contributed by atoms with van der Waals surface area (Å²) in [5.74, 6) is -0.786. The largest absolute Gasteiger partial charge is 0.368 e. The van der Waals surface area contributed by atoms with E-state index in [2.05, 4.69) is 15.9 Å². The molecule has 0 saturated carbocycles. The van der Waals surface area contributed by atoms with Crippen molar-refractivity contribution >= 4 is 39.3 Å². The van der Waals surface area contributed by atoms with Crippen LogP contribution in [0, 0.1) is 0 Å². The molecule has 0 aliphatic rings. The quantitative estimate of drug-likeness (QED) is 0.920. The Hall–Kier alpha value is -1.07. The summed E-state index contributed by atoms with van der Waals surface area (Å²) in [6.45, 7) is 3.55. The average Bonchev–Trinajstić information content (AvgIpc) is 2.28. The third kappa shape index (κ3) is 3.71. The molecule has 0 aliphatic heterocycles. The van der Waals surface area contributed by atoms with Crippen LogP contribution in [0.25, 0.3) is 0 Å². The first-order chi connectivity index (χ1) is 8.32. The molecule has 0 radical (unpaired) electrons. The van der Waals surface area contributed by atoms with E-state index in [1.165, 1.54) is 4.90 Å². The topological polar surface area (TPSA) is 63.4 Å². The van der Waals surface area contributed by atoms with Crippen LogP contribution in [0.2, 0.25) is 5.02 Å². The van der Waals surface area contributed by atoms with Crippen LogP contribution in [0.15, 0.2) is 22.7 Å². The second-order valence-corrected chi connectivity index (χ2v) is 5.38. The van der Waals surface area contributed by atoms with Gasteiger partial charge in [-0.15, -0.1) is 0 Å². The van der Waals surface area contributed by atoms with Crippen LogP contribution in [-0.2, 0) is 4.79 Å². The molecule has 1 rings (SSSR count). The number of nitrogens with two attached hydrogens (primary N) is 1. The van der Waals surface area contributed by atoms with E-state index < -0.39 is 5.91 Å². The van der Waals surface area contributed by atoms with E-state index in [-0.39, 0.29) is 18.5 Å². The maximum absolute atomic E-state index is 12.2. The van der Waals surface area contributed by atoms with Crippen LogP contribution < -0.4 is 5.73 Å². The zero-order valence-electron chi connectivity index (χ0n) is 10.1. The minimum Gasteiger partial charge on any atom is -0.368 e. The van der Waals surface area contributed by atoms with Gasteiger partial charge in [-0.05, 0) is 48.0 Å². The van der Waals surface area contributed by atoms with E-state index in [1.54, 1.807) is 18.2 Å². The van der Waals surface area contributed by atoms with Crippen molar-refractivity contribution in [1.29, 1.82) is 0 Å². The van der Waals surface area contributed by atoms with Crippen molar-refractivity contribution in [2.75, 3.05) is 6.54 Å². The third-order valence-electron chi connectivity index (χ3n) is 2.38. The second-order valence-electron chi connectivity index (χ2n) is 4.12. The molecule has 0 fully saturated rings. The van der Waals surface area contributed by atoms with Crippen molar-refractivity contribution in [3.8, 4) is 0 Å². The smallest absolute Gasteiger partial charge is 0.254 e. The van der Waals surface area contributed by atoms with E-state index in [9.17, 15) is 9.59 Å². The molecule has 98 valence electrons. The lowest BCUT2D eigenvalue weighted by molar-refractivity contribution is -0.119. The molecule has 0 aromatic heterocycles. The van der Waals surface area contributed by atoms with Crippen molar-refractivity contribution in [1.82, 2.24) is 4.90 Å².